The second-order valence-corrected chi connectivity index (χ2v) is 6.61. The second-order valence-electron chi connectivity index (χ2n) is 6.61. The van der Waals surface area contributed by atoms with Crippen molar-refractivity contribution < 1.29 is 4.79 Å². The topological polar surface area (TPSA) is 17.1 Å². The molecular formula is C16H22O. The first-order valence-corrected chi connectivity index (χ1v) is 6.92. The molecule has 0 bridgehead atoms. The lowest BCUT2D eigenvalue weighted by Gasteiger charge is -2.51. The molecule has 0 radical (unpaired) electrons. The van der Waals surface area contributed by atoms with Crippen molar-refractivity contribution in [1.29, 1.82) is 0 Å². The van der Waals surface area contributed by atoms with Crippen LogP contribution >= 0.6 is 0 Å². The number of carbonyl (C=O) groups is 1. The average molecular weight is 230 g/mol. The smallest absolute Gasteiger partial charge is 0.158 e. The van der Waals surface area contributed by atoms with Crippen LogP contribution in [0.3, 0.4) is 0 Å². The van der Waals surface area contributed by atoms with Gasteiger partial charge in [-0.2, -0.15) is 0 Å². The number of hydrogen-bond acceptors (Lipinski definition) is 1. The predicted molar refractivity (Wildman–Crippen MR) is 69.6 cm³/mol. The van der Waals surface area contributed by atoms with Crippen molar-refractivity contribution in [1.82, 2.24) is 0 Å². The highest BCUT2D eigenvalue weighted by atomic mass is 16.1. The van der Waals surface area contributed by atoms with Gasteiger partial charge in [0.25, 0.3) is 0 Å². The summed E-state index contributed by atoms with van der Waals surface area (Å²) in [4.78, 5) is 11.9. The maximum absolute atomic E-state index is 11.9. The number of allylic oxidation sites excluding steroid dienone is 2. The van der Waals surface area contributed by atoms with E-state index in [-0.39, 0.29) is 0 Å². The van der Waals surface area contributed by atoms with Crippen LogP contribution in [0.5, 0.6) is 0 Å². The number of fused-ring (bicyclic) bond motifs is 3. The van der Waals surface area contributed by atoms with Gasteiger partial charge in [0, 0.05) is 6.42 Å². The van der Waals surface area contributed by atoms with E-state index in [1.165, 1.54) is 37.7 Å². The molecule has 0 heterocycles. The molecule has 3 fully saturated rings. The van der Waals surface area contributed by atoms with Gasteiger partial charge in [-0.05, 0) is 60.8 Å². The normalized spacial score (nSPS) is 45.7. The molecule has 3 saturated carbocycles. The molecule has 0 unspecified atom stereocenters. The van der Waals surface area contributed by atoms with E-state index in [9.17, 15) is 4.79 Å². The van der Waals surface area contributed by atoms with E-state index in [4.69, 9.17) is 0 Å². The summed E-state index contributed by atoms with van der Waals surface area (Å²) in [6, 6.07) is 0. The van der Waals surface area contributed by atoms with E-state index in [2.05, 4.69) is 20.1 Å². The Morgan fingerprint density at radius 2 is 2.06 bits per heavy atom. The van der Waals surface area contributed by atoms with Crippen molar-refractivity contribution in [2.24, 2.45) is 23.2 Å². The first-order chi connectivity index (χ1) is 8.03. The van der Waals surface area contributed by atoms with E-state index in [1.807, 2.05) is 0 Å². The first kappa shape index (κ1) is 11.3. The fraction of sp³-hybridized carbons (Fsp3) is 0.688. The van der Waals surface area contributed by atoms with Crippen LogP contribution in [0.4, 0.5) is 0 Å². The lowest BCUT2D eigenvalue weighted by Crippen LogP contribution is -2.43. The third kappa shape index (κ3) is 1.47. The molecule has 0 aliphatic heterocycles. The van der Waals surface area contributed by atoms with Crippen LogP contribution < -0.4 is 0 Å². The minimum absolute atomic E-state index is 0.322. The Balaban J connectivity index is 1.98. The molecule has 92 valence electrons. The summed E-state index contributed by atoms with van der Waals surface area (Å²) in [5, 5.41) is 0. The van der Waals surface area contributed by atoms with E-state index >= 15 is 0 Å². The van der Waals surface area contributed by atoms with Crippen LogP contribution in [0.2, 0.25) is 0 Å². The maximum atomic E-state index is 11.9. The molecular weight excluding hydrogens is 208 g/mol. The molecule has 0 saturated heterocycles. The monoisotopic (exact) mass is 230 g/mol. The van der Waals surface area contributed by atoms with Crippen molar-refractivity contribution in [2.75, 3.05) is 0 Å². The van der Waals surface area contributed by atoms with Crippen molar-refractivity contribution >= 4 is 5.78 Å². The summed E-state index contributed by atoms with van der Waals surface area (Å²) < 4.78 is 0. The van der Waals surface area contributed by atoms with Gasteiger partial charge >= 0.3 is 0 Å². The van der Waals surface area contributed by atoms with Crippen LogP contribution in [0.15, 0.2) is 24.3 Å². The summed E-state index contributed by atoms with van der Waals surface area (Å²) in [6.45, 7) is 10.8. The summed E-state index contributed by atoms with van der Waals surface area (Å²) >= 11 is 0. The standard InChI is InChI=1S/C16H22O/c1-10-5-4-7-16(3)8-6-12-11(2)14(17)9-13(12)15(10)16/h12-13,15H,1-2,4-9H2,3H3/t12-,13-,15+,16+/m0/s1. The zero-order chi connectivity index (χ0) is 12.2. The minimum Gasteiger partial charge on any atom is -0.295 e. The van der Waals surface area contributed by atoms with Gasteiger partial charge in [0.1, 0.15) is 0 Å². The fourth-order valence-corrected chi connectivity index (χ4v) is 4.80. The van der Waals surface area contributed by atoms with Gasteiger partial charge in [-0.3, -0.25) is 4.79 Å². The number of rotatable bonds is 0. The Kier molecular flexibility index (Phi) is 2.36. The first-order valence-electron chi connectivity index (χ1n) is 6.92. The van der Waals surface area contributed by atoms with Crippen LogP contribution in [-0.2, 0) is 4.79 Å². The highest BCUT2D eigenvalue weighted by molar-refractivity contribution is 5.98. The molecule has 1 nitrogen and oxygen atoms in total. The summed E-state index contributed by atoms with van der Waals surface area (Å²) in [5.41, 5.74) is 2.74. The van der Waals surface area contributed by atoms with Crippen LogP contribution in [-0.4, -0.2) is 5.78 Å². The zero-order valence-electron chi connectivity index (χ0n) is 10.8. The van der Waals surface area contributed by atoms with Crippen LogP contribution in [0.25, 0.3) is 0 Å². The van der Waals surface area contributed by atoms with Crippen LogP contribution in [0, 0.1) is 23.2 Å². The molecule has 17 heavy (non-hydrogen) atoms. The Morgan fingerprint density at radius 3 is 2.82 bits per heavy atom. The van der Waals surface area contributed by atoms with Crippen molar-refractivity contribution in [3.8, 4) is 0 Å². The Morgan fingerprint density at radius 1 is 1.29 bits per heavy atom. The lowest BCUT2D eigenvalue weighted by atomic mass is 9.53. The van der Waals surface area contributed by atoms with Gasteiger partial charge < -0.3 is 0 Å². The molecule has 1 heteroatoms. The quantitative estimate of drug-likeness (QED) is 0.455. The molecule has 0 amide bonds. The van der Waals surface area contributed by atoms with Gasteiger partial charge in [-0.15, -0.1) is 0 Å². The molecule has 0 aromatic heterocycles. The number of hydrogen-bond donors (Lipinski definition) is 0. The van der Waals surface area contributed by atoms with Crippen molar-refractivity contribution in [3.05, 3.63) is 24.3 Å². The zero-order valence-corrected chi connectivity index (χ0v) is 10.8. The van der Waals surface area contributed by atoms with E-state index in [0.29, 0.717) is 29.0 Å². The molecule has 0 aromatic carbocycles. The molecule has 0 aromatic rings. The predicted octanol–water partition coefficient (Wildman–Crippen LogP) is 3.90. The molecule has 0 spiro atoms. The average Bonchev–Trinajstić information content (AvgIpc) is 2.54. The second kappa shape index (κ2) is 3.57. The third-order valence-electron chi connectivity index (χ3n) is 5.63. The molecule has 0 N–H and O–H groups in total. The molecule has 3 aliphatic carbocycles. The van der Waals surface area contributed by atoms with Crippen molar-refractivity contribution in [3.63, 3.8) is 0 Å². The van der Waals surface area contributed by atoms with Gasteiger partial charge in [-0.25, -0.2) is 0 Å². The van der Waals surface area contributed by atoms with Gasteiger partial charge in [0.15, 0.2) is 5.78 Å². The number of Topliss-reactive ketones (excluding diaryl/α,β-unsaturated/α-hetero) is 1. The maximum Gasteiger partial charge on any atom is 0.158 e. The molecule has 3 rings (SSSR count). The highest BCUT2D eigenvalue weighted by Gasteiger charge is 2.52. The van der Waals surface area contributed by atoms with E-state index < -0.39 is 0 Å². The highest BCUT2D eigenvalue weighted by Crippen LogP contribution is 2.60. The van der Waals surface area contributed by atoms with Crippen molar-refractivity contribution in [2.45, 2.75) is 45.4 Å². The van der Waals surface area contributed by atoms with E-state index in [1.54, 1.807) is 0 Å². The molecule has 4 atom stereocenters. The van der Waals surface area contributed by atoms with Gasteiger partial charge in [0.2, 0.25) is 0 Å². The van der Waals surface area contributed by atoms with Gasteiger partial charge in [-0.1, -0.05) is 25.7 Å². The summed E-state index contributed by atoms with van der Waals surface area (Å²) in [6.07, 6.45) is 6.95. The van der Waals surface area contributed by atoms with Gasteiger partial charge in [0.05, 0.1) is 0 Å². The third-order valence-corrected chi connectivity index (χ3v) is 5.63. The number of ketones is 1. The SMILES string of the molecule is C=C1CCC[C@]2(C)CC[C@H]3C(=C)C(=O)C[C@@H]3[C@@H]12. The summed E-state index contributed by atoms with van der Waals surface area (Å²) in [5.74, 6) is 1.90. The minimum atomic E-state index is 0.322. The Labute approximate surface area is 104 Å². The van der Waals surface area contributed by atoms with E-state index in [0.717, 1.165) is 12.0 Å². The largest absolute Gasteiger partial charge is 0.295 e. The fourth-order valence-electron chi connectivity index (χ4n) is 4.80. The Bertz CT molecular complexity index is 406. The molecule has 3 aliphatic rings. The van der Waals surface area contributed by atoms with Crippen LogP contribution in [0.1, 0.15) is 45.4 Å². The number of carbonyl (C=O) groups excluding carboxylic acids is 1. The lowest BCUT2D eigenvalue weighted by molar-refractivity contribution is -0.115. The Hall–Kier alpha value is -0.850. The summed E-state index contributed by atoms with van der Waals surface area (Å²) in [7, 11) is 0.